The molecule has 0 atom stereocenters. The monoisotopic (exact) mass is 340 g/mol. The molecule has 1 heterocycles. The number of anilines is 1. The van der Waals surface area contributed by atoms with E-state index in [-0.39, 0.29) is 5.56 Å². The molecule has 0 saturated heterocycles. The third-order valence-corrected chi connectivity index (χ3v) is 4.00. The van der Waals surface area contributed by atoms with Gasteiger partial charge in [-0.1, -0.05) is 6.07 Å². The van der Waals surface area contributed by atoms with Crippen LogP contribution in [0.2, 0.25) is 0 Å². The van der Waals surface area contributed by atoms with E-state index in [1.54, 1.807) is 18.2 Å². The summed E-state index contributed by atoms with van der Waals surface area (Å²) in [5.74, 6) is -0.799. The topological polar surface area (TPSA) is 55.1 Å². The second-order valence-electron chi connectivity index (χ2n) is 5.97. The Kier molecular flexibility index (Phi) is 3.80. The highest BCUT2D eigenvalue weighted by Gasteiger charge is 2.28. The fourth-order valence-electron chi connectivity index (χ4n) is 2.54. The van der Waals surface area contributed by atoms with Crippen molar-refractivity contribution in [3.05, 3.63) is 65.6 Å². The molecule has 1 aromatic heterocycles. The molecule has 1 amide bonds. The van der Waals surface area contributed by atoms with Gasteiger partial charge in [0.1, 0.15) is 17.2 Å². The highest BCUT2D eigenvalue weighted by Crippen LogP contribution is 2.40. The van der Waals surface area contributed by atoms with Gasteiger partial charge in [-0.25, -0.2) is 13.8 Å². The van der Waals surface area contributed by atoms with E-state index >= 15 is 0 Å². The van der Waals surface area contributed by atoms with Gasteiger partial charge >= 0.3 is 0 Å². The van der Waals surface area contributed by atoms with Crippen LogP contribution in [-0.2, 0) is 4.79 Å². The summed E-state index contributed by atoms with van der Waals surface area (Å²) in [6.45, 7) is 0. The first-order valence-corrected chi connectivity index (χ1v) is 7.94. The Morgan fingerprint density at radius 2 is 1.96 bits per heavy atom. The highest BCUT2D eigenvalue weighted by molar-refractivity contribution is 6.02. The molecule has 126 valence electrons. The number of carbonyl (C=O) groups is 1. The fraction of sp³-hybridized carbons (Fsp3) is 0.158. The Bertz CT molecular complexity index is 970. The van der Waals surface area contributed by atoms with E-state index in [0.717, 1.165) is 43.0 Å². The van der Waals surface area contributed by atoms with E-state index in [4.69, 9.17) is 4.42 Å². The average molecular weight is 340 g/mol. The van der Waals surface area contributed by atoms with Crippen molar-refractivity contribution in [3.63, 3.8) is 0 Å². The van der Waals surface area contributed by atoms with Crippen molar-refractivity contribution >= 4 is 28.8 Å². The molecule has 25 heavy (non-hydrogen) atoms. The van der Waals surface area contributed by atoms with Crippen LogP contribution in [0.15, 0.2) is 46.9 Å². The van der Waals surface area contributed by atoms with E-state index in [9.17, 15) is 13.6 Å². The summed E-state index contributed by atoms with van der Waals surface area (Å²) < 4.78 is 32.7. The molecule has 6 heteroatoms. The first-order chi connectivity index (χ1) is 12.1. The molecule has 2 aromatic carbocycles. The van der Waals surface area contributed by atoms with Crippen molar-refractivity contribution in [3.8, 4) is 0 Å². The van der Waals surface area contributed by atoms with E-state index in [2.05, 4.69) is 10.3 Å². The first-order valence-electron chi connectivity index (χ1n) is 7.94. The average Bonchev–Trinajstić information content (AvgIpc) is 3.34. The number of nitrogens with zero attached hydrogens (tertiary/aromatic N) is 1. The Balaban J connectivity index is 1.50. The number of hydrogen-bond donors (Lipinski definition) is 1. The van der Waals surface area contributed by atoms with Crippen LogP contribution >= 0.6 is 0 Å². The Morgan fingerprint density at radius 3 is 2.68 bits per heavy atom. The number of nitrogens with one attached hydrogen (secondary N) is 1. The van der Waals surface area contributed by atoms with Gasteiger partial charge < -0.3 is 9.73 Å². The molecule has 0 unspecified atom stereocenters. The van der Waals surface area contributed by atoms with Gasteiger partial charge in [-0.05, 0) is 49.2 Å². The van der Waals surface area contributed by atoms with E-state index in [1.807, 2.05) is 0 Å². The largest absolute Gasteiger partial charge is 0.440 e. The second kappa shape index (κ2) is 6.12. The van der Waals surface area contributed by atoms with Crippen LogP contribution in [0.5, 0.6) is 0 Å². The number of aromatic nitrogens is 1. The van der Waals surface area contributed by atoms with Crippen molar-refractivity contribution in [1.82, 2.24) is 4.98 Å². The van der Waals surface area contributed by atoms with Crippen LogP contribution in [0.25, 0.3) is 17.2 Å². The SMILES string of the molecule is O=C(/C=C\c1c(F)cccc1F)Nc1ccc2oc(C3CC3)nc2c1. The molecule has 3 aromatic rings. The number of amides is 1. The normalized spacial score (nSPS) is 14.3. The number of halogens is 2. The minimum absolute atomic E-state index is 0.251. The lowest BCUT2D eigenvalue weighted by Gasteiger charge is -2.02. The maximum absolute atomic E-state index is 13.5. The minimum Gasteiger partial charge on any atom is -0.440 e. The molecule has 1 saturated carbocycles. The van der Waals surface area contributed by atoms with Gasteiger partial charge in [0, 0.05) is 23.2 Å². The van der Waals surface area contributed by atoms with Crippen LogP contribution in [0.3, 0.4) is 0 Å². The van der Waals surface area contributed by atoms with Gasteiger partial charge in [0.2, 0.25) is 5.91 Å². The molecule has 1 aliphatic rings. The molecule has 0 bridgehead atoms. The standard InChI is InChI=1S/C19H14F2N2O2/c20-14-2-1-3-15(21)13(14)7-9-18(24)22-12-6-8-17-16(10-12)23-19(25-17)11-4-5-11/h1-3,6-11H,4-5H2,(H,22,24)/b9-7-. The molecular formula is C19H14F2N2O2. The van der Waals surface area contributed by atoms with Crippen molar-refractivity contribution in [2.24, 2.45) is 0 Å². The number of fused-ring (bicyclic) bond motifs is 1. The van der Waals surface area contributed by atoms with Crippen molar-refractivity contribution in [1.29, 1.82) is 0 Å². The maximum Gasteiger partial charge on any atom is 0.248 e. The third kappa shape index (κ3) is 3.28. The van der Waals surface area contributed by atoms with Crippen molar-refractivity contribution < 1.29 is 18.0 Å². The summed E-state index contributed by atoms with van der Waals surface area (Å²) in [6, 6.07) is 8.68. The third-order valence-electron chi connectivity index (χ3n) is 4.00. The van der Waals surface area contributed by atoms with Crippen LogP contribution in [-0.4, -0.2) is 10.9 Å². The molecule has 1 fully saturated rings. The van der Waals surface area contributed by atoms with Crippen LogP contribution in [0, 0.1) is 11.6 Å². The summed E-state index contributed by atoms with van der Waals surface area (Å²) >= 11 is 0. The number of rotatable bonds is 4. The van der Waals surface area contributed by atoms with Gasteiger partial charge in [-0.2, -0.15) is 0 Å². The van der Waals surface area contributed by atoms with Gasteiger partial charge in [0.05, 0.1) is 0 Å². The smallest absolute Gasteiger partial charge is 0.248 e. The van der Waals surface area contributed by atoms with E-state index in [1.165, 1.54) is 6.07 Å². The zero-order valence-electron chi connectivity index (χ0n) is 13.1. The minimum atomic E-state index is -0.722. The summed E-state index contributed by atoms with van der Waals surface area (Å²) in [5, 5.41) is 2.65. The summed E-state index contributed by atoms with van der Waals surface area (Å²) in [6.07, 6.45) is 4.38. The predicted octanol–water partition coefficient (Wildman–Crippen LogP) is 4.64. The number of hydrogen-bond acceptors (Lipinski definition) is 3. The molecular weight excluding hydrogens is 326 g/mol. The first kappa shape index (κ1) is 15.5. The fourth-order valence-corrected chi connectivity index (χ4v) is 2.54. The summed E-state index contributed by atoms with van der Waals surface area (Å²) in [4.78, 5) is 16.4. The lowest BCUT2D eigenvalue weighted by molar-refractivity contribution is -0.111. The van der Waals surface area contributed by atoms with Crippen LogP contribution < -0.4 is 5.32 Å². The van der Waals surface area contributed by atoms with Crippen LogP contribution in [0.1, 0.15) is 30.2 Å². The Morgan fingerprint density at radius 1 is 1.20 bits per heavy atom. The Labute approximate surface area is 142 Å². The zero-order valence-corrected chi connectivity index (χ0v) is 13.1. The lowest BCUT2D eigenvalue weighted by Crippen LogP contribution is -2.07. The predicted molar refractivity (Wildman–Crippen MR) is 90.0 cm³/mol. The lowest BCUT2D eigenvalue weighted by atomic mass is 10.2. The Hall–Kier alpha value is -3.02. The van der Waals surface area contributed by atoms with Crippen LogP contribution in [0.4, 0.5) is 14.5 Å². The summed E-state index contributed by atoms with van der Waals surface area (Å²) in [5.41, 5.74) is 1.62. The zero-order chi connectivity index (χ0) is 17.4. The number of benzene rings is 2. The summed E-state index contributed by atoms with van der Waals surface area (Å²) in [7, 11) is 0. The van der Waals surface area contributed by atoms with Gasteiger partial charge in [0.15, 0.2) is 11.5 Å². The highest BCUT2D eigenvalue weighted by atomic mass is 19.1. The number of carbonyl (C=O) groups excluding carboxylic acids is 1. The van der Waals surface area contributed by atoms with E-state index < -0.39 is 17.5 Å². The molecule has 4 rings (SSSR count). The maximum atomic E-state index is 13.5. The molecule has 0 aliphatic heterocycles. The van der Waals surface area contributed by atoms with Gasteiger partial charge in [-0.3, -0.25) is 4.79 Å². The molecule has 1 N–H and O–H groups in total. The molecule has 0 spiro atoms. The van der Waals surface area contributed by atoms with Crippen molar-refractivity contribution in [2.75, 3.05) is 5.32 Å². The van der Waals surface area contributed by atoms with Gasteiger partial charge in [0.25, 0.3) is 0 Å². The van der Waals surface area contributed by atoms with E-state index in [0.29, 0.717) is 22.7 Å². The molecule has 0 radical (unpaired) electrons. The quantitative estimate of drug-likeness (QED) is 0.704. The van der Waals surface area contributed by atoms with Crippen molar-refractivity contribution in [2.45, 2.75) is 18.8 Å². The molecule has 4 nitrogen and oxygen atoms in total. The van der Waals surface area contributed by atoms with Gasteiger partial charge in [-0.15, -0.1) is 0 Å². The number of oxazole rings is 1. The molecule has 1 aliphatic carbocycles. The second-order valence-corrected chi connectivity index (χ2v) is 5.97.